The van der Waals surface area contributed by atoms with Gasteiger partial charge in [-0.05, 0) is 43.2 Å². The van der Waals surface area contributed by atoms with E-state index in [1.165, 1.54) is 0 Å². The molecule has 1 amide bonds. The molecule has 0 spiro atoms. The number of rotatable bonds is 4. The zero-order valence-corrected chi connectivity index (χ0v) is 11.6. The maximum Gasteiger partial charge on any atom is 0.252 e. The number of anilines is 2. The van der Waals surface area contributed by atoms with Crippen LogP contribution in [0.4, 0.5) is 11.5 Å². The molecule has 2 rings (SSSR count). The number of amides is 1. The van der Waals surface area contributed by atoms with Crippen molar-refractivity contribution in [3.05, 3.63) is 52.7 Å². The van der Waals surface area contributed by atoms with Gasteiger partial charge in [-0.1, -0.05) is 12.1 Å². The number of aromatic nitrogens is 1. The minimum atomic E-state index is -0.481. The number of carbonyl (C=O) groups is 1. The van der Waals surface area contributed by atoms with Gasteiger partial charge in [0.2, 0.25) is 0 Å². The summed E-state index contributed by atoms with van der Waals surface area (Å²) in [7, 11) is 0. The molecule has 5 nitrogen and oxygen atoms in total. The average Bonchev–Trinajstić information content (AvgIpc) is 2.35. The Morgan fingerprint density at radius 3 is 2.70 bits per heavy atom. The summed E-state index contributed by atoms with van der Waals surface area (Å²) < 4.78 is 0. The molecule has 1 aromatic heterocycles. The number of nitrogen functional groups attached to an aromatic ring is 1. The number of hydrogen-bond acceptors (Lipinski definition) is 4. The highest BCUT2D eigenvalue weighted by molar-refractivity contribution is 5.99. The van der Waals surface area contributed by atoms with Crippen LogP contribution in [0.25, 0.3) is 0 Å². The summed E-state index contributed by atoms with van der Waals surface area (Å²) in [6.07, 6.45) is 0. The molecular formula is C15H18N4O. The zero-order chi connectivity index (χ0) is 14.7. The zero-order valence-electron chi connectivity index (χ0n) is 11.6. The highest BCUT2D eigenvalue weighted by Crippen LogP contribution is 2.19. The Balaban J connectivity index is 2.27. The first-order valence-electron chi connectivity index (χ1n) is 6.33. The third kappa shape index (κ3) is 3.06. The van der Waals surface area contributed by atoms with Crippen molar-refractivity contribution in [1.82, 2.24) is 4.98 Å². The molecule has 104 valence electrons. The second kappa shape index (κ2) is 5.61. The van der Waals surface area contributed by atoms with E-state index in [-0.39, 0.29) is 0 Å². The van der Waals surface area contributed by atoms with Crippen LogP contribution in [-0.2, 0) is 6.54 Å². The first kappa shape index (κ1) is 13.9. The summed E-state index contributed by atoms with van der Waals surface area (Å²) in [5.74, 6) is 0.0301. The molecule has 0 saturated carbocycles. The number of nitrogens with one attached hydrogen (secondary N) is 1. The molecule has 1 aromatic carbocycles. The van der Waals surface area contributed by atoms with E-state index < -0.39 is 5.91 Å². The summed E-state index contributed by atoms with van der Waals surface area (Å²) >= 11 is 0. The molecule has 5 heteroatoms. The SMILES string of the molecule is Cc1cc(C)c(C(N)=O)c(NCc2cccc(N)c2)n1. The van der Waals surface area contributed by atoms with Crippen molar-refractivity contribution in [3.8, 4) is 0 Å². The van der Waals surface area contributed by atoms with E-state index in [0.717, 1.165) is 16.8 Å². The smallest absolute Gasteiger partial charge is 0.252 e. The van der Waals surface area contributed by atoms with Crippen LogP contribution >= 0.6 is 0 Å². The van der Waals surface area contributed by atoms with Crippen LogP contribution in [-0.4, -0.2) is 10.9 Å². The first-order chi connectivity index (χ1) is 9.47. The average molecular weight is 270 g/mol. The monoisotopic (exact) mass is 270 g/mol. The lowest BCUT2D eigenvalue weighted by atomic mass is 10.1. The van der Waals surface area contributed by atoms with Crippen molar-refractivity contribution in [2.75, 3.05) is 11.1 Å². The molecule has 20 heavy (non-hydrogen) atoms. The first-order valence-corrected chi connectivity index (χ1v) is 6.33. The number of aryl methyl sites for hydroxylation is 2. The Bertz CT molecular complexity index is 652. The standard InChI is InChI=1S/C15H18N4O/c1-9-6-10(2)19-15(13(9)14(17)20)18-8-11-4-3-5-12(16)7-11/h3-7H,8,16H2,1-2H3,(H2,17,20)(H,18,19). The van der Waals surface area contributed by atoms with Gasteiger partial charge in [0, 0.05) is 17.9 Å². The second-order valence-electron chi connectivity index (χ2n) is 4.77. The maximum atomic E-state index is 11.5. The molecule has 0 aliphatic heterocycles. The Morgan fingerprint density at radius 1 is 1.30 bits per heavy atom. The number of benzene rings is 1. The normalized spacial score (nSPS) is 10.3. The van der Waals surface area contributed by atoms with E-state index in [9.17, 15) is 4.79 Å². The van der Waals surface area contributed by atoms with Crippen LogP contribution in [0.1, 0.15) is 27.2 Å². The third-order valence-corrected chi connectivity index (χ3v) is 3.00. The summed E-state index contributed by atoms with van der Waals surface area (Å²) in [4.78, 5) is 15.9. The lowest BCUT2D eigenvalue weighted by molar-refractivity contribution is 0.1000. The minimum Gasteiger partial charge on any atom is -0.399 e. The van der Waals surface area contributed by atoms with Crippen molar-refractivity contribution < 1.29 is 4.79 Å². The fourth-order valence-electron chi connectivity index (χ4n) is 2.16. The topological polar surface area (TPSA) is 94.0 Å². The lowest BCUT2D eigenvalue weighted by Crippen LogP contribution is -2.17. The van der Waals surface area contributed by atoms with Gasteiger partial charge in [0.15, 0.2) is 0 Å². The van der Waals surface area contributed by atoms with Crippen molar-refractivity contribution in [2.24, 2.45) is 5.73 Å². The van der Waals surface area contributed by atoms with Crippen LogP contribution in [0.3, 0.4) is 0 Å². The molecule has 5 N–H and O–H groups in total. The van der Waals surface area contributed by atoms with Crippen molar-refractivity contribution in [1.29, 1.82) is 0 Å². The fraction of sp³-hybridized carbons (Fsp3) is 0.200. The number of carbonyl (C=O) groups excluding carboxylic acids is 1. The van der Waals surface area contributed by atoms with Gasteiger partial charge in [-0.3, -0.25) is 4.79 Å². The summed E-state index contributed by atoms with van der Waals surface area (Å²) in [5.41, 5.74) is 15.0. The van der Waals surface area contributed by atoms with E-state index in [1.54, 1.807) is 0 Å². The van der Waals surface area contributed by atoms with Gasteiger partial charge in [-0.2, -0.15) is 0 Å². The highest BCUT2D eigenvalue weighted by Gasteiger charge is 2.13. The largest absolute Gasteiger partial charge is 0.399 e. The van der Waals surface area contributed by atoms with Crippen LogP contribution in [0.5, 0.6) is 0 Å². The molecule has 1 heterocycles. The Labute approximate surface area is 118 Å². The predicted molar refractivity (Wildman–Crippen MR) is 80.4 cm³/mol. The van der Waals surface area contributed by atoms with Crippen LogP contribution in [0.15, 0.2) is 30.3 Å². The van der Waals surface area contributed by atoms with Crippen LogP contribution in [0.2, 0.25) is 0 Å². The quantitative estimate of drug-likeness (QED) is 0.740. The second-order valence-corrected chi connectivity index (χ2v) is 4.77. The predicted octanol–water partition coefficient (Wildman–Crippen LogP) is 1.99. The third-order valence-electron chi connectivity index (χ3n) is 3.00. The number of primary amides is 1. The number of nitrogens with zero attached hydrogens (tertiary/aromatic N) is 1. The number of nitrogens with two attached hydrogens (primary N) is 2. The molecule has 0 unspecified atom stereocenters. The van der Waals surface area contributed by atoms with Gasteiger partial charge in [0.25, 0.3) is 5.91 Å². The van der Waals surface area contributed by atoms with E-state index >= 15 is 0 Å². The molecule has 0 atom stereocenters. The van der Waals surface area contributed by atoms with Gasteiger partial charge in [-0.25, -0.2) is 4.98 Å². The van der Waals surface area contributed by atoms with E-state index in [4.69, 9.17) is 11.5 Å². The Kier molecular flexibility index (Phi) is 3.89. The molecule has 0 radical (unpaired) electrons. The minimum absolute atomic E-state index is 0.430. The van der Waals surface area contributed by atoms with Gasteiger partial charge < -0.3 is 16.8 Å². The Morgan fingerprint density at radius 2 is 2.05 bits per heavy atom. The summed E-state index contributed by atoms with van der Waals surface area (Å²) in [5, 5.41) is 3.15. The van der Waals surface area contributed by atoms with Crippen LogP contribution < -0.4 is 16.8 Å². The number of hydrogen-bond donors (Lipinski definition) is 3. The Hall–Kier alpha value is -2.56. The van der Waals surface area contributed by atoms with Crippen LogP contribution in [0, 0.1) is 13.8 Å². The molecule has 0 aliphatic rings. The van der Waals surface area contributed by atoms with Crippen molar-refractivity contribution >= 4 is 17.4 Å². The highest BCUT2D eigenvalue weighted by atomic mass is 16.1. The molecule has 0 bridgehead atoms. The van der Waals surface area contributed by atoms with E-state index in [0.29, 0.717) is 23.6 Å². The van der Waals surface area contributed by atoms with E-state index in [1.807, 2.05) is 44.2 Å². The molecule has 0 aliphatic carbocycles. The maximum absolute atomic E-state index is 11.5. The van der Waals surface area contributed by atoms with Gasteiger partial charge in [0.05, 0.1) is 5.56 Å². The van der Waals surface area contributed by atoms with Gasteiger partial charge in [0.1, 0.15) is 5.82 Å². The van der Waals surface area contributed by atoms with Crippen molar-refractivity contribution in [2.45, 2.75) is 20.4 Å². The molecular weight excluding hydrogens is 252 g/mol. The van der Waals surface area contributed by atoms with Crippen molar-refractivity contribution in [3.63, 3.8) is 0 Å². The lowest BCUT2D eigenvalue weighted by Gasteiger charge is -2.12. The molecule has 0 saturated heterocycles. The summed E-state index contributed by atoms with van der Waals surface area (Å²) in [6.45, 7) is 4.26. The number of pyridine rings is 1. The van der Waals surface area contributed by atoms with Gasteiger partial charge in [-0.15, -0.1) is 0 Å². The van der Waals surface area contributed by atoms with E-state index in [2.05, 4.69) is 10.3 Å². The summed E-state index contributed by atoms with van der Waals surface area (Å²) in [6, 6.07) is 9.38. The molecule has 2 aromatic rings. The molecule has 0 fully saturated rings. The fourth-order valence-corrected chi connectivity index (χ4v) is 2.16. The van der Waals surface area contributed by atoms with Gasteiger partial charge >= 0.3 is 0 Å².